The monoisotopic (exact) mass is 369 g/mol. The molecule has 0 spiro atoms. The van der Waals surface area contributed by atoms with Crippen molar-refractivity contribution in [3.63, 3.8) is 0 Å². The van der Waals surface area contributed by atoms with Crippen LogP contribution in [-0.2, 0) is 6.42 Å². The minimum atomic E-state index is -0.321. The molecule has 0 saturated carbocycles. The lowest BCUT2D eigenvalue weighted by Crippen LogP contribution is -2.00. The predicted octanol–water partition coefficient (Wildman–Crippen LogP) is 6.57. The van der Waals surface area contributed by atoms with Crippen LogP contribution in [0.3, 0.4) is 0 Å². The average molecular weight is 370 g/mol. The van der Waals surface area contributed by atoms with Crippen LogP contribution in [0.1, 0.15) is 21.7 Å². The summed E-state index contributed by atoms with van der Waals surface area (Å²) in [7, 11) is 0. The lowest BCUT2D eigenvalue weighted by Gasteiger charge is -2.07. The maximum absolute atomic E-state index is 14.1. The van der Waals surface area contributed by atoms with Crippen molar-refractivity contribution in [3.05, 3.63) is 86.6 Å². The zero-order valence-electron chi connectivity index (χ0n) is 13.1. The second-order valence-corrected chi connectivity index (χ2v) is 7.21. The lowest BCUT2D eigenvalue weighted by molar-refractivity contribution is 0.0986. The smallest absolute Gasteiger partial charge is 0.187 e. The topological polar surface area (TPSA) is 21.4 Å². The number of hydrogen-bond acceptors (Lipinski definition) is 2. The van der Waals surface area contributed by atoms with Gasteiger partial charge < -0.3 is 0 Å². The van der Waals surface area contributed by atoms with Crippen LogP contribution >= 0.6 is 22.9 Å². The minimum Gasteiger partial charge on any atom is -0.293 e. The number of Topliss-reactive ketones (excluding diaryl/α,β-unsaturated/α-hetero) is 1. The van der Waals surface area contributed by atoms with Gasteiger partial charge in [0, 0.05) is 6.42 Å². The Morgan fingerprint density at radius 1 is 1.08 bits per heavy atom. The van der Waals surface area contributed by atoms with Crippen LogP contribution in [0.5, 0.6) is 0 Å². The van der Waals surface area contributed by atoms with Gasteiger partial charge in [0.2, 0.25) is 0 Å². The molecule has 2 nitrogen and oxygen atoms in total. The summed E-state index contributed by atoms with van der Waals surface area (Å²) in [6.07, 6.45) is 0.558. The molecule has 2 aromatic carbocycles. The van der Waals surface area contributed by atoms with Gasteiger partial charge in [0.15, 0.2) is 11.5 Å². The number of nitrogens with zero attached hydrogens (tertiary/aromatic N) is 1. The molecule has 0 saturated heterocycles. The van der Waals surface area contributed by atoms with E-state index in [2.05, 4.69) is 4.85 Å². The third kappa shape index (κ3) is 4.14. The van der Waals surface area contributed by atoms with Crippen molar-refractivity contribution in [1.29, 1.82) is 0 Å². The number of rotatable bonds is 5. The minimum absolute atomic E-state index is 0.0388. The molecule has 5 heteroatoms. The summed E-state index contributed by atoms with van der Waals surface area (Å²) in [5.41, 5.74) is 2.83. The molecule has 0 N–H and O–H groups in total. The van der Waals surface area contributed by atoms with E-state index in [-0.39, 0.29) is 18.0 Å². The van der Waals surface area contributed by atoms with E-state index in [4.69, 9.17) is 18.2 Å². The van der Waals surface area contributed by atoms with E-state index in [1.165, 1.54) is 17.4 Å². The molecule has 1 heterocycles. The second kappa shape index (κ2) is 7.60. The number of benzene rings is 2. The zero-order chi connectivity index (χ0) is 17.8. The first-order valence-corrected chi connectivity index (χ1v) is 8.81. The van der Waals surface area contributed by atoms with Gasteiger partial charge in [0.25, 0.3) is 0 Å². The SMILES string of the molecule is [C-]#[N+]c1ccc(-c2ccc(F)c(CCC(=O)c3ccc(Cl)s3)c2)cc1. The van der Waals surface area contributed by atoms with Crippen LogP contribution in [0.4, 0.5) is 10.1 Å². The molecule has 25 heavy (non-hydrogen) atoms. The summed E-state index contributed by atoms with van der Waals surface area (Å²) in [4.78, 5) is 16.1. The van der Waals surface area contributed by atoms with E-state index in [1.54, 1.807) is 36.4 Å². The van der Waals surface area contributed by atoms with Crippen molar-refractivity contribution in [2.45, 2.75) is 12.8 Å². The Morgan fingerprint density at radius 2 is 1.80 bits per heavy atom. The molecule has 0 atom stereocenters. The van der Waals surface area contributed by atoms with Crippen molar-refractivity contribution in [3.8, 4) is 11.1 Å². The molecule has 3 rings (SSSR count). The zero-order valence-corrected chi connectivity index (χ0v) is 14.7. The quantitative estimate of drug-likeness (QED) is 0.368. The number of aryl methyl sites for hydroxylation is 1. The third-order valence-corrected chi connectivity index (χ3v) is 5.12. The summed E-state index contributed by atoms with van der Waals surface area (Å²) >= 11 is 7.08. The van der Waals surface area contributed by atoms with Crippen LogP contribution < -0.4 is 0 Å². The molecule has 0 radical (unpaired) electrons. The normalized spacial score (nSPS) is 10.4. The highest BCUT2D eigenvalue weighted by Gasteiger charge is 2.12. The molecule has 3 aromatic rings. The molecule has 0 aliphatic rings. The average Bonchev–Trinajstić information content (AvgIpc) is 3.07. The lowest BCUT2D eigenvalue weighted by atomic mass is 9.99. The Balaban J connectivity index is 1.77. The summed E-state index contributed by atoms with van der Waals surface area (Å²) in [6.45, 7) is 6.98. The number of carbonyl (C=O) groups excluding carboxylic acids is 1. The number of thiophene rings is 1. The third-order valence-electron chi connectivity index (χ3n) is 3.84. The molecular weight excluding hydrogens is 357 g/mol. The van der Waals surface area contributed by atoms with Gasteiger partial charge >= 0.3 is 0 Å². The van der Waals surface area contributed by atoms with E-state index in [0.29, 0.717) is 26.9 Å². The van der Waals surface area contributed by atoms with Crippen molar-refractivity contribution >= 4 is 34.4 Å². The fourth-order valence-corrected chi connectivity index (χ4v) is 3.52. The first-order valence-electron chi connectivity index (χ1n) is 7.61. The predicted molar refractivity (Wildman–Crippen MR) is 100 cm³/mol. The first kappa shape index (κ1) is 17.3. The number of carbonyl (C=O) groups is 1. The molecule has 0 aliphatic carbocycles. The largest absolute Gasteiger partial charge is 0.293 e. The summed E-state index contributed by atoms with van der Waals surface area (Å²) in [5, 5.41) is 0. The van der Waals surface area contributed by atoms with Gasteiger partial charge in [-0.15, -0.1) is 11.3 Å². The molecule has 0 fully saturated rings. The number of halogens is 2. The Labute approximate surface area is 154 Å². The maximum Gasteiger partial charge on any atom is 0.187 e. The highest BCUT2D eigenvalue weighted by molar-refractivity contribution is 7.18. The van der Waals surface area contributed by atoms with Gasteiger partial charge in [-0.2, -0.15) is 0 Å². The Bertz CT molecular complexity index is 957. The first-order chi connectivity index (χ1) is 12.1. The van der Waals surface area contributed by atoms with Crippen LogP contribution in [0, 0.1) is 12.4 Å². The fraction of sp³-hybridized carbons (Fsp3) is 0.100. The molecule has 0 bridgehead atoms. The molecule has 0 amide bonds. The molecule has 0 aliphatic heterocycles. The number of hydrogen-bond donors (Lipinski definition) is 0. The Kier molecular flexibility index (Phi) is 5.28. The van der Waals surface area contributed by atoms with Crippen molar-refractivity contribution < 1.29 is 9.18 Å². The van der Waals surface area contributed by atoms with Gasteiger partial charge in [0.05, 0.1) is 15.8 Å². The van der Waals surface area contributed by atoms with E-state index in [9.17, 15) is 9.18 Å². The summed E-state index contributed by atoms with van der Waals surface area (Å²) in [5.74, 6) is -0.360. The van der Waals surface area contributed by atoms with Crippen LogP contribution in [0.15, 0.2) is 54.6 Å². The standard InChI is InChI=1S/C20H13ClFNOS/c1-23-16-6-2-13(3-7-16)14-4-8-17(22)15(12-14)5-9-18(24)19-10-11-20(21)25-19/h2-4,6-8,10-12H,5,9H2. The fourth-order valence-electron chi connectivity index (χ4n) is 2.51. The Morgan fingerprint density at radius 3 is 2.44 bits per heavy atom. The molecule has 1 aromatic heterocycles. The summed E-state index contributed by atoms with van der Waals surface area (Å²) in [6, 6.07) is 15.4. The van der Waals surface area contributed by atoms with Gasteiger partial charge in [0.1, 0.15) is 5.82 Å². The van der Waals surface area contributed by atoms with Crippen LogP contribution in [0.25, 0.3) is 16.0 Å². The van der Waals surface area contributed by atoms with Crippen molar-refractivity contribution in [2.24, 2.45) is 0 Å². The van der Waals surface area contributed by atoms with Crippen LogP contribution in [-0.4, -0.2) is 5.78 Å². The molecule has 124 valence electrons. The van der Waals surface area contributed by atoms with Gasteiger partial charge in [-0.25, -0.2) is 9.24 Å². The van der Waals surface area contributed by atoms with Gasteiger partial charge in [-0.05, 0) is 47.4 Å². The second-order valence-electron chi connectivity index (χ2n) is 5.49. The van der Waals surface area contributed by atoms with Crippen molar-refractivity contribution in [2.75, 3.05) is 0 Å². The Hall–Kier alpha value is -2.48. The van der Waals surface area contributed by atoms with Crippen molar-refractivity contribution in [1.82, 2.24) is 0 Å². The maximum atomic E-state index is 14.1. The number of ketones is 1. The molecule has 0 unspecified atom stereocenters. The van der Waals surface area contributed by atoms with Gasteiger partial charge in [-0.3, -0.25) is 4.79 Å². The van der Waals surface area contributed by atoms with E-state index >= 15 is 0 Å². The van der Waals surface area contributed by atoms with Crippen LogP contribution in [0.2, 0.25) is 4.34 Å². The summed E-state index contributed by atoms with van der Waals surface area (Å²) < 4.78 is 14.7. The highest BCUT2D eigenvalue weighted by atomic mass is 35.5. The van der Waals surface area contributed by atoms with Gasteiger partial charge in [-0.1, -0.05) is 41.9 Å². The van der Waals surface area contributed by atoms with E-state index in [0.717, 1.165) is 11.1 Å². The van der Waals surface area contributed by atoms with E-state index < -0.39 is 0 Å². The highest BCUT2D eigenvalue weighted by Crippen LogP contribution is 2.26. The molecular formula is C20H13ClFNOS. The van der Waals surface area contributed by atoms with E-state index in [1.807, 2.05) is 12.1 Å².